The summed E-state index contributed by atoms with van der Waals surface area (Å²) in [5, 5.41) is 6.75. The van der Waals surface area contributed by atoms with Crippen LogP contribution in [-0.2, 0) is 14.8 Å². The van der Waals surface area contributed by atoms with Gasteiger partial charge in [-0.05, 0) is 44.4 Å². The Kier molecular flexibility index (Phi) is 7.25. The highest BCUT2D eigenvalue weighted by Crippen LogP contribution is 2.31. The summed E-state index contributed by atoms with van der Waals surface area (Å²) >= 11 is 0. The van der Waals surface area contributed by atoms with E-state index in [0.29, 0.717) is 36.5 Å². The lowest BCUT2D eigenvalue weighted by molar-refractivity contribution is -0.120. The lowest BCUT2D eigenvalue weighted by Gasteiger charge is -2.31. The van der Waals surface area contributed by atoms with Crippen molar-refractivity contribution in [1.82, 2.24) is 14.4 Å². The zero-order valence-electron chi connectivity index (χ0n) is 19.1. The van der Waals surface area contributed by atoms with Gasteiger partial charge < -0.3 is 19.5 Å². The molecule has 2 heterocycles. The van der Waals surface area contributed by atoms with Crippen LogP contribution < -0.4 is 10.1 Å². The molecule has 3 rings (SSSR count). The minimum atomic E-state index is -3.88. The Bertz CT molecular complexity index is 1110. The lowest BCUT2D eigenvalue weighted by Crippen LogP contribution is -2.44. The normalized spacial score (nSPS) is 17.5. The van der Waals surface area contributed by atoms with E-state index >= 15 is 0 Å². The molecule has 0 bridgehead atoms. The van der Waals surface area contributed by atoms with Gasteiger partial charge in [-0.1, -0.05) is 11.2 Å². The monoisotopic (exact) mass is 462 g/mol. The highest BCUT2D eigenvalue weighted by molar-refractivity contribution is 7.89. The molecule has 1 saturated heterocycles. The van der Waals surface area contributed by atoms with Crippen molar-refractivity contribution in [3.63, 3.8) is 0 Å². The number of ether oxygens (including phenoxy) is 1. The first-order valence-electron chi connectivity index (χ1n) is 10.4. The largest absolute Gasteiger partial charge is 0.495 e. The first kappa shape index (κ1) is 23.8. The van der Waals surface area contributed by atoms with Gasteiger partial charge in [-0.2, -0.15) is 4.31 Å². The number of carbonyl (C=O) groups excluding carboxylic acids is 1. The third kappa shape index (κ3) is 5.13. The molecule has 1 aromatic heterocycles. The number of sulfonamides is 1. The van der Waals surface area contributed by atoms with Crippen molar-refractivity contribution in [2.75, 3.05) is 39.6 Å². The predicted octanol–water partition coefficient (Wildman–Crippen LogP) is 2.87. The fourth-order valence-electron chi connectivity index (χ4n) is 3.67. The SMILES string of the molecule is COc1ccc(C)cc1NC(=O)C1CCCN(S(=O)(=O)c2c(C)noc2C=CN(C)C)C1. The van der Waals surface area contributed by atoms with Gasteiger partial charge >= 0.3 is 0 Å². The standard InChI is InChI=1S/C22H30N4O5S/c1-15-8-9-19(30-5)18(13-15)23-22(27)17-7-6-11-26(14-17)32(28,29)21-16(2)24-31-20(21)10-12-25(3)4/h8-10,12-13,17H,6-7,11,14H2,1-5H3,(H,23,27). The quantitative estimate of drug-likeness (QED) is 0.674. The van der Waals surface area contributed by atoms with Crippen LogP contribution in [0.25, 0.3) is 6.08 Å². The maximum absolute atomic E-state index is 13.4. The van der Waals surface area contributed by atoms with E-state index in [1.807, 2.05) is 33.2 Å². The van der Waals surface area contributed by atoms with E-state index in [9.17, 15) is 13.2 Å². The Morgan fingerprint density at radius 3 is 2.78 bits per heavy atom. The van der Waals surface area contributed by atoms with E-state index in [1.54, 1.807) is 37.3 Å². The smallest absolute Gasteiger partial charge is 0.248 e. The summed E-state index contributed by atoms with van der Waals surface area (Å²) in [6.45, 7) is 3.94. The summed E-state index contributed by atoms with van der Waals surface area (Å²) in [7, 11) is 1.31. The van der Waals surface area contributed by atoms with Gasteiger partial charge in [-0.3, -0.25) is 4.79 Å². The highest BCUT2D eigenvalue weighted by atomic mass is 32.2. The summed E-state index contributed by atoms with van der Waals surface area (Å²) in [5.41, 5.74) is 1.85. The van der Waals surface area contributed by atoms with Gasteiger partial charge in [0, 0.05) is 39.5 Å². The number of amides is 1. The second-order valence-corrected chi connectivity index (χ2v) is 10.0. The fourth-order valence-corrected chi connectivity index (χ4v) is 5.45. The van der Waals surface area contributed by atoms with Crippen molar-refractivity contribution in [1.29, 1.82) is 0 Å². The second-order valence-electron chi connectivity index (χ2n) is 8.14. The minimum Gasteiger partial charge on any atom is -0.495 e. The topological polar surface area (TPSA) is 105 Å². The van der Waals surface area contributed by atoms with Crippen LogP contribution in [0.15, 0.2) is 33.8 Å². The number of hydrogen-bond acceptors (Lipinski definition) is 7. The molecular weight excluding hydrogens is 432 g/mol. The fraction of sp³-hybridized carbons (Fsp3) is 0.455. The molecule has 9 nitrogen and oxygen atoms in total. The maximum Gasteiger partial charge on any atom is 0.248 e. The number of aryl methyl sites for hydroxylation is 2. The first-order chi connectivity index (χ1) is 15.1. The summed E-state index contributed by atoms with van der Waals surface area (Å²) < 4.78 is 38.8. The van der Waals surface area contributed by atoms with E-state index in [0.717, 1.165) is 5.56 Å². The number of anilines is 1. The van der Waals surface area contributed by atoms with Crippen LogP contribution in [0.3, 0.4) is 0 Å². The first-order valence-corrected chi connectivity index (χ1v) is 11.8. The molecule has 174 valence electrons. The van der Waals surface area contributed by atoms with Crippen molar-refractivity contribution in [3.05, 3.63) is 41.4 Å². The molecule has 1 atom stereocenters. The van der Waals surface area contributed by atoms with Crippen LogP contribution in [0.5, 0.6) is 5.75 Å². The number of carbonyl (C=O) groups is 1. The van der Waals surface area contributed by atoms with Gasteiger partial charge in [0.2, 0.25) is 15.9 Å². The summed E-state index contributed by atoms with van der Waals surface area (Å²) in [5.74, 6) is 0.0159. The molecular formula is C22H30N4O5S. The van der Waals surface area contributed by atoms with Crippen LogP contribution in [0, 0.1) is 19.8 Å². The molecule has 2 aromatic rings. The van der Waals surface area contributed by atoms with Crippen molar-refractivity contribution in [2.45, 2.75) is 31.6 Å². The molecule has 1 aromatic carbocycles. The van der Waals surface area contributed by atoms with Crippen LogP contribution in [-0.4, -0.2) is 63.0 Å². The van der Waals surface area contributed by atoms with Crippen molar-refractivity contribution in [2.24, 2.45) is 5.92 Å². The van der Waals surface area contributed by atoms with Gasteiger partial charge in [0.25, 0.3) is 0 Å². The molecule has 1 N–H and O–H groups in total. The number of aromatic nitrogens is 1. The molecule has 1 unspecified atom stereocenters. The van der Waals surface area contributed by atoms with E-state index in [-0.39, 0.29) is 23.1 Å². The molecule has 1 amide bonds. The Morgan fingerprint density at radius 1 is 1.34 bits per heavy atom. The number of nitrogens with zero attached hydrogens (tertiary/aromatic N) is 3. The predicted molar refractivity (Wildman–Crippen MR) is 122 cm³/mol. The molecule has 0 saturated carbocycles. The van der Waals surface area contributed by atoms with E-state index in [1.165, 1.54) is 4.31 Å². The second kappa shape index (κ2) is 9.74. The lowest BCUT2D eigenvalue weighted by atomic mass is 9.98. The number of nitrogens with one attached hydrogen (secondary N) is 1. The number of rotatable bonds is 7. The van der Waals surface area contributed by atoms with E-state index in [4.69, 9.17) is 9.26 Å². The van der Waals surface area contributed by atoms with Crippen LogP contribution in [0.1, 0.15) is 29.9 Å². The van der Waals surface area contributed by atoms with Crippen molar-refractivity contribution >= 4 is 27.7 Å². The average Bonchev–Trinajstić information content (AvgIpc) is 3.13. The molecule has 1 fully saturated rings. The Hall–Kier alpha value is -2.85. The molecule has 1 aliphatic heterocycles. The Labute approximate surface area is 189 Å². The number of benzene rings is 1. The van der Waals surface area contributed by atoms with Crippen LogP contribution >= 0.6 is 0 Å². The van der Waals surface area contributed by atoms with Gasteiger partial charge in [0.05, 0.1) is 18.7 Å². The van der Waals surface area contributed by atoms with Gasteiger partial charge in [0.1, 0.15) is 11.4 Å². The summed E-state index contributed by atoms with van der Waals surface area (Å²) in [6.07, 6.45) is 4.45. The molecule has 0 radical (unpaired) electrons. The van der Waals surface area contributed by atoms with Gasteiger partial charge in [-0.15, -0.1) is 0 Å². The third-order valence-electron chi connectivity index (χ3n) is 5.32. The van der Waals surface area contributed by atoms with Crippen LogP contribution in [0.2, 0.25) is 0 Å². The van der Waals surface area contributed by atoms with Gasteiger partial charge in [-0.25, -0.2) is 8.42 Å². The molecule has 32 heavy (non-hydrogen) atoms. The number of piperidine rings is 1. The highest BCUT2D eigenvalue weighted by Gasteiger charge is 2.37. The zero-order valence-corrected chi connectivity index (χ0v) is 19.9. The summed E-state index contributed by atoms with van der Waals surface area (Å²) in [4.78, 5) is 14.8. The van der Waals surface area contributed by atoms with Gasteiger partial charge in [0.15, 0.2) is 10.7 Å². The van der Waals surface area contributed by atoms with Crippen molar-refractivity contribution in [3.8, 4) is 5.75 Å². The maximum atomic E-state index is 13.4. The summed E-state index contributed by atoms with van der Waals surface area (Å²) in [6, 6.07) is 5.52. The third-order valence-corrected chi connectivity index (χ3v) is 7.35. The minimum absolute atomic E-state index is 0.0389. The molecule has 0 spiro atoms. The van der Waals surface area contributed by atoms with Crippen molar-refractivity contribution < 1.29 is 22.5 Å². The van der Waals surface area contributed by atoms with Crippen LogP contribution in [0.4, 0.5) is 5.69 Å². The van der Waals surface area contributed by atoms with E-state index in [2.05, 4.69) is 10.5 Å². The van der Waals surface area contributed by atoms with E-state index < -0.39 is 15.9 Å². The zero-order chi connectivity index (χ0) is 23.5. The number of hydrogen-bond donors (Lipinski definition) is 1. The Balaban J connectivity index is 1.81. The molecule has 0 aliphatic carbocycles. The Morgan fingerprint density at radius 2 is 2.09 bits per heavy atom. The average molecular weight is 463 g/mol. The molecule has 1 aliphatic rings. The number of methoxy groups -OCH3 is 1. The molecule has 10 heteroatoms.